The Morgan fingerprint density at radius 1 is 0.638 bits per heavy atom. The minimum atomic E-state index is -2.02. The van der Waals surface area contributed by atoms with Gasteiger partial charge in [-0.3, -0.25) is 83.0 Å². The molecule has 5 aromatic rings. The van der Waals surface area contributed by atoms with Gasteiger partial charge in [-0.25, -0.2) is 14.8 Å². The molecule has 138 heavy (non-hydrogen) atoms. The second-order valence-electron chi connectivity index (χ2n) is 31.7. The lowest BCUT2D eigenvalue weighted by Crippen LogP contribution is -2.59. The van der Waals surface area contributed by atoms with E-state index >= 15 is 0 Å². The fourth-order valence-corrected chi connectivity index (χ4v) is 16.0. The summed E-state index contributed by atoms with van der Waals surface area (Å²) in [5, 5.41) is 66.0. The number of amides is 10. The number of aromatic nitrogens is 4. The number of carbonyl (C=O) groups is 13. The molecule has 5 heterocycles. The molecule has 48 nitrogen and oxygen atoms in total. The maximum atomic E-state index is 14.4. The fraction of sp³-hybridized carbons (Fsp3) is 0.500. The van der Waals surface area contributed by atoms with E-state index in [1.165, 1.54) is 79.6 Å². The number of rotatable bonds is 62. The van der Waals surface area contributed by atoms with Crippen molar-refractivity contribution in [2.45, 2.75) is 152 Å². The Morgan fingerprint density at radius 2 is 1.24 bits per heavy atom. The number of hydrogen-bond donors (Lipinski definition) is 17. The molecule has 0 unspecified atom stereocenters. The molecule has 10 amide bonds. The van der Waals surface area contributed by atoms with Crippen LogP contribution in [0.3, 0.4) is 0 Å². The predicted octanol–water partition coefficient (Wildman–Crippen LogP) is 2.67. The number of oxime groups is 1. The van der Waals surface area contributed by atoms with Gasteiger partial charge in [-0.2, -0.15) is 4.98 Å². The lowest BCUT2D eigenvalue weighted by molar-refractivity contribution is -0.143. The summed E-state index contributed by atoms with van der Waals surface area (Å²) in [4.78, 5) is 211. The van der Waals surface area contributed by atoms with Gasteiger partial charge in [0, 0.05) is 92.2 Å². The molecule has 0 saturated carbocycles. The number of nitrogen functional groups attached to an aromatic ring is 1. The Bertz CT molecular complexity index is 5230. The van der Waals surface area contributed by atoms with Crippen molar-refractivity contribution in [2.75, 3.05) is 148 Å². The second-order valence-corrected chi connectivity index (χ2v) is 34.3. The number of aliphatic carboxylic acids is 3. The first-order valence-corrected chi connectivity index (χ1v) is 46.6. The highest BCUT2D eigenvalue weighted by atomic mass is 33.1. The summed E-state index contributed by atoms with van der Waals surface area (Å²) in [7, 11) is 7.25. The van der Waals surface area contributed by atoms with Crippen LogP contribution in [0.25, 0.3) is 11.2 Å². The number of guanidine groups is 1. The van der Waals surface area contributed by atoms with Crippen LogP contribution in [0.15, 0.2) is 94.0 Å². The Balaban J connectivity index is 0.669. The lowest BCUT2D eigenvalue weighted by atomic mass is 10.1. The van der Waals surface area contributed by atoms with Crippen molar-refractivity contribution in [2.24, 2.45) is 15.9 Å². The van der Waals surface area contributed by atoms with Crippen LogP contribution in [0.1, 0.15) is 134 Å². The molecule has 19 N–H and O–H groups in total. The summed E-state index contributed by atoms with van der Waals surface area (Å²) in [5.74, 6) is -9.96. The van der Waals surface area contributed by atoms with Gasteiger partial charge in [-0.1, -0.05) is 51.0 Å². The summed E-state index contributed by atoms with van der Waals surface area (Å²) < 4.78 is 51.3. The zero-order valence-electron chi connectivity index (χ0n) is 77.0. The largest absolute Gasteiger partial charge is 0.493 e. The van der Waals surface area contributed by atoms with Crippen LogP contribution >= 0.6 is 21.6 Å². The molecule has 0 radical (unpaired) electrons. The molecular formula is C88H119N21O27S2. The molecule has 50 heteroatoms. The van der Waals surface area contributed by atoms with Crippen LogP contribution in [0, 0.1) is 5.41 Å². The summed E-state index contributed by atoms with van der Waals surface area (Å²) in [5.41, 5.74) is 14.6. The van der Waals surface area contributed by atoms with Crippen molar-refractivity contribution < 1.29 is 125 Å². The summed E-state index contributed by atoms with van der Waals surface area (Å²) in [6, 6.07) is 3.83. The minimum Gasteiger partial charge on any atom is -0.493 e. The number of unbranched alkanes of at least 4 members (excludes halogenated alkanes) is 2. The average Bonchev–Trinajstić information content (AvgIpc) is 1.54. The van der Waals surface area contributed by atoms with E-state index in [1.807, 2.05) is 6.92 Å². The topological polar surface area (TPSA) is 674 Å². The van der Waals surface area contributed by atoms with Gasteiger partial charge < -0.3 is 132 Å². The van der Waals surface area contributed by atoms with Crippen LogP contribution in [0.2, 0.25) is 0 Å². The van der Waals surface area contributed by atoms with Crippen molar-refractivity contribution >= 4 is 151 Å². The van der Waals surface area contributed by atoms with E-state index in [4.69, 9.17) is 64.3 Å². The third kappa shape index (κ3) is 36.9. The Morgan fingerprint density at radius 3 is 1.88 bits per heavy atom. The van der Waals surface area contributed by atoms with Crippen LogP contribution < -0.4 is 89.1 Å². The van der Waals surface area contributed by atoms with Gasteiger partial charge in [0.15, 0.2) is 40.1 Å². The Labute approximate surface area is 801 Å². The third-order valence-electron chi connectivity index (χ3n) is 20.7. The number of nitrogens with two attached hydrogens (primary N) is 2. The highest BCUT2D eigenvalue weighted by Crippen LogP contribution is 2.40. The number of ether oxygens (including phenoxy) is 9. The van der Waals surface area contributed by atoms with E-state index in [-0.39, 0.29) is 194 Å². The van der Waals surface area contributed by atoms with Gasteiger partial charge in [0.1, 0.15) is 37.9 Å². The summed E-state index contributed by atoms with van der Waals surface area (Å²) >= 11 is 0. The highest BCUT2D eigenvalue weighted by Gasteiger charge is 2.38. The maximum Gasteiger partial charge on any atom is 0.411 e. The summed E-state index contributed by atoms with van der Waals surface area (Å²) in [6.07, 6.45) is 3.16. The number of H-pyrrole nitrogens is 1. The third-order valence-corrected chi connectivity index (χ3v) is 23.3. The zero-order valence-corrected chi connectivity index (χ0v) is 78.7. The molecule has 8 rings (SSSR count). The SMILES string of the molecule is C=C1C[C@H]2C=Nc3cc(OCCCCCOc4cc(NC(=O)OCCSSC[C@@H](C)NC(=O)CCOCCOCCOCCOCCNC(=O)[C@H](CC(=O)O)NC(=O)[C@H](CC(=O)O)NC(=O)[C@H](CCCNC(=N)N)NC(=O)[C@H](CC(=O)O)NC(=O)CC[C@@H](C)NC(=O)c5ccc(NCc6cnc7nc(N)[nH]c(=O)c7n6)cc5)c(C(=O)N5CC(=C)C[C@H]5/C=N/OC)cc4OC)c(OC)cc3C(=O)N2C1. The van der Waals surface area contributed by atoms with E-state index in [0.717, 1.165) is 11.1 Å². The van der Waals surface area contributed by atoms with E-state index < -0.39 is 132 Å². The Kier molecular flexibility index (Phi) is 45.3. The normalized spacial score (nSPS) is 15.0. The van der Waals surface area contributed by atoms with E-state index in [2.05, 4.69) is 96.4 Å². The number of aromatic amines is 1. The number of carbonyl (C=O) groups excluding carboxylic acids is 10. The standard InChI is InChI=1S/C88H119N21O27S2/c1-50-34-57-45-95-62-38-69(67(127-5)36-59(62)84(124)108(57)47-50)134-22-9-8-10-23-135-70-39-63(60(37-68(70)128-6)85(125)109-48-51(2)35-58(109)46-97-129-7)105-88(126)136-32-33-137-138-49-53(4)98-72(111)19-24-130-26-28-132-30-31-133-29-27-131-25-21-92-79(119)64(40-73(112)113)103-82(122)66(42-75(116)117)104-80(120)61(12-11-20-93-86(89)90)102-81(121)65(41-74(114)115)101-71(110)18-13-52(3)99-78(118)54-14-16-55(17-15-54)94-43-56-44-96-77-76(100-56)83(123)107-87(91)106-77/h14-17,36-39,44-46,52-53,57-58,61,64-66,94H,1-2,8-13,18-35,40-43,47-49H2,3-7H3,(H,92,119)(H,98,111)(H,99,118)(H,101,110)(H,102,121)(H,103,122)(H,104,120)(H,105,126)(H,112,113)(H,114,115)(H,116,117)(H4,89,90,93)(H3,91,96,106,107,123)/b97-46+/t52-,53-,57+,58+,61+,64+,65+,66+/m1/s1. The average molecular weight is 1970 g/mol. The first kappa shape index (κ1) is 109. The van der Waals surface area contributed by atoms with Gasteiger partial charge >= 0.3 is 24.0 Å². The van der Waals surface area contributed by atoms with Crippen molar-refractivity contribution in [3.63, 3.8) is 0 Å². The summed E-state index contributed by atoms with van der Waals surface area (Å²) in [6.45, 7) is 13.6. The molecule has 0 spiro atoms. The molecule has 2 saturated heterocycles. The lowest BCUT2D eigenvalue weighted by Gasteiger charge is -2.26. The molecule has 0 bridgehead atoms. The molecule has 750 valence electrons. The molecule has 8 atom stereocenters. The number of anilines is 3. The number of hydrogen-bond acceptors (Lipinski definition) is 34. The van der Waals surface area contributed by atoms with Crippen LogP contribution in [-0.2, 0) is 78.2 Å². The number of benzene rings is 3. The number of carboxylic acids is 3. The Hall–Kier alpha value is -14.0. The quantitative estimate of drug-likeness (QED) is 0.00664. The van der Waals surface area contributed by atoms with Crippen LogP contribution in [-0.4, -0.2) is 321 Å². The molecule has 2 aromatic heterocycles. The van der Waals surface area contributed by atoms with Crippen molar-refractivity contribution in [1.82, 2.24) is 72.3 Å². The number of methoxy groups -OCH3 is 2. The molecule has 2 fully saturated rings. The molecule has 3 aromatic carbocycles. The minimum absolute atomic E-state index is 0.00185. The monoisotopic (exact) mass is 1970 g/mol. The number of aliphatic imine (C=N–C) groups is 1. The van der Waals surface area contributed by atoms with Gasteiger partial charge in [0.2, 0.25) is 41.4 Å². The van der Waals surface area contributed by atoms with Crippen molar-refractivity contribution in [3.05, 3.63) is 112 Å². The molecule has 0 aliphatic carbocycles. The zero-order chi connectivity index (χ0) is 100. The fourth-order valence-electron chi connectivity index (χ4n) is 13.9. The van der Waals surface area contributed by atoms with Crippen LogP contribution in [0.4, 0.5) is 27.8 Å². The van der Waals surface area contributed by atoms with Crippen LogP contribution in [0.5, 0.6) is 23.0 Å². The van der Waals surface area contributed by atoms with E-state index in [9.17, 15) is 82.4 Å². The van der Waals surface area contributed by atoms with Crippen molar-refractivity contribution in [3.8, 4) is 23.0 Å². The first-order valence-electron chi connectivity index (χ1n) is 44.1. The second kappa shape index (κ2) is 57.2. The molecule has 3 aliphatic rings. The number of nitrogens with zero attached hydrogens (tertiary/aromatic N) is 7. The molecular weight excluding hydrogens is 1850 g/mol. The number of fused-ring (bicyclic) bond motifs is 3. The van der Waals surface area contributed by atoms with Gasteiger partial charge in [-0.05, 0) is 102 Å². The van der Waals surface area contributed by atoms with Gasteiger partial charge in [-0.15, -0.1) is 0 Å². The number of nitrogens with one attached hydrogen (secondary N) is 12. The first-order chi connectivity index (χ1) is 66.2. The number of likely N-dealkylation sites (tertiary alicyclic amines) is 1. The van der Waals surface area contributed by atoms with Crippen molar-refractivity contribution in [1.29, 1.82) is 5.41 Å². The maximum absolute atomic E-state index is 14.4. The molecule has 3 aliphatic heterocycles. The smallest absolute Gasteiger partial charge is 0.411 e. The van der Waals surface area contributed by atoms with Gasteiger partial charge in [0.25, 0.3) is 23.3 Å². The highest BCUT2D eigenvalue weighted by molar-refractivity contribution is 8.76. The predicted molar refractivity (Wildman–Crippen MR) is 506 cm³/mol. The van der Waals surface area contributed by atoms with Gasteiger partial charge in [0.05, 0.1) is 159 Å². The van der Waals surface area contributed by atoms with E-state index in [1.54, 1.807) is 47.2 Å². The van der Waals surface area contributed by atoms with E-state index in [0.29, 0.717) is 90.9 Å². The number of carboxylic acid groups (broad SMARTS) is 3.